The monoisotopic (exact) mass is 524 g/mol. The van der Waals surface area contributed by atoms with Gasteiger partial charge in [0.25, 0.3) is 0 Å². The maximum absolute atomic E-state index is 12.8. The number of nitrogens with one attached hydrogen (secondary N) is 2. The van der Waals surface area contributed by atoms with Gasteiger partial charge in [-0.1, -0.05) is 35.0 Å². The number of rotatable bonds is 4. The lowest BCUT2D eigenvalue weighted by Crippen LogP contribution is -2.28. The van der Waals surface area contributed by atoms with E-state index in [0.29, 0.717) is 39.1 Å². The smallest absolute Gasteiger partial charge is 0.435 e. The number of halogens is 4. The first-order valence-electron chi connectivity index (χ1n) is 9.44. The first kappa shape index (κ1) is 22.3. The quantitative estimate of drug-likeness (QED) is 0.475. The van der Waals surface area contributed by atoms with Crippen LogP contribution in [-0.4, -0.2) is 23.0 Å². The Hall–Kier alpha value is -2.92. The van der Waals surface area contributed by atoms with E-state index >= 15 is 0 Å². The largest absolute Gasteiger partial charge is 0.573 e. The fourth-order valence-electron chi connectivity index (χ4n) is 3.07. The lowest BCUT2D eigenvalue weighted by molar-refractivity contribution is -0.274. The predicted molar refractivity (Wildman–Crippen MR) is 122 cm³/mol. The average molecular weight is 525 g/mol. The summed E-state index contributed by atoms with van der Waals surface area (Å²) < 4.78 is 48.7. The van der Waals surface area contributed by atoms with Gasteiger partial charge in [-0.05, 0) is 54.5 Å². The van der Waals surface area contributed by atoms with E-state index in [1.807, 2.05) is 19.1 Å². The molecule has 1 atom stereocenters. The Morgan fingerprint density at radius 3 is 2.72 bits per heavy atom. The third-order valence-electron chi connectivity index (χ3n) is 4.42. The minimum Gasteiger partial charge on any atom is -0.435 e. The van der Waals surface area contributed by atoms with Crippen LogP contribution in [0.1, 0.15) is 6.92 Å². The van der Waals surface area contributed by atoms with Crippen molar-refractivity contribution < 1.29 is 22.3 Å². The van der Waals surface area contributed by atoms with Gasteiger partial charge in [-0.2, -0.15) is 4.98 Å². The number of hydrogen-bond acceptors (Lipinski definition) is 5. The van der Waals surface area contributed by atoms with Crippen LogP contribution in [0.3, 0.4) is 0 Å². The number of benzene rings is 2. The van der Waals surface area contributed by atoms with E-state index in [9.17, 15) is 13.2 Å². The van der Waals surface area contributed by atoms with Gasteiger partial charge in [-0.3, -0.25) is 4.99 Å². The minimum atomic E-state index is -4.84. The Bertz CT molecular complexity index is 1290. The van der Waals surface area contributed by atoms with Crippen LogP contribution in [0.25, 0.3) is 17.5 Å². The highest BCUT2D eigenvalue weighted by molar-refractivity contribution is 9.10. The molecular formula is C21H16BrF3N4O2S. The summed E-state index contributed by atoms with van der Waals surface area (Å²) in [5.74, 6) is 0.197. The summed E-state index contributed by atoms with van der Waals surface area (Å²) in [5.41, 5.74) is 2.39. The molecule has 0 spiro atoms. The molecule has 0 saturated carbocycles. The second-order valence-corrected chi connectivity index (χ2v) is 8.33. The molecule has 0 bridgehead atoms. The number of para-hydroxylation sites is 1. The van der Waals surface area contributed by atoms with E-state index in [1.54, 1.807) is 24.3 Å². The lowest BCUT2D eigenvalue weighted by atomic mass is 10.1. The molecule has 2 N–H and O–H groups in total. The second-order valence-electron chi connectivity index (χ2n) is 7.00. The minimum absolute atomic E-state index is 0.0504. The van der Waals surface area contributed by atoms with Gasteiger partial charge >= 0.3 is 6.36 Å². The van der Waals surface area contributed by atoms with Crippen molar-refractivity contribution in [1.29, 1.82) is 0 Å². The molecule has 1 aromatic heterocycles. The number of anilines is 2. The SMILES string of the molecule is C[C@H]1C=c2oc(-c3ccccc3NC(=S)Nc3ccc(Br)cc3OC(F)(F)F)nc2=NC1. The zero-order chi connectivity index (χ0) is 22.9. The van der Waals surface area contributed by atoms with Crippen molar-refractivity contribution in [3.05, 3.63) is 57.8 Å². The van der Waals surface area contributed by atoms with Crippen molar-refractivity contribution in [2.45, 2.75) is 13.3 Å². The number of oxazole rings is 1. The molecule has 0 fully saturated rings. The van der Waals surface area contributed by atoms with Crippen LogP contribution in [0.15, 0.2) is 56.3 Å². The Labute approximate surface area is 194 Å². The van der Waals surface area contributed by atoms with Gasteiger partial charge in [-0.25, -0.2) is 0 Å². The number of ether oxygens (including phenoxy) is 1. The number of aromatic nitrogens is 1. The summed E-state index contributed by atoms with van der Waals surface area (Å²) >= 11 is 8.45. The molecule has 0 radical (unpaired) electrons. The molecule has 1 aliphatic heterocycles. The van der Waals surface area contributed by atoms with Gasteiger partial charge in [0.1, 0.15) is 0 Å². The first-order valence-corrected chi connectivity index (χ1v) is 10.6. The molecule has 32 heavy (non-hydrogen) atoms. The highest BCUT2D eigenvalue weighted by atomic mass is 79.9. The molecule has 1 aliphatic rings. The molecule has 2 aromatic carbocycles. The zero-order valence-corrected chi connectivity index (χ0v) is 18.9. The van der Waals surface area contributed by atoms with Crippen molar-refractivity contribution in [2.24, 2.45) is 10.9 Å². The van der Waals surface area contributed by atoms with Gasteiger partial charge in [0, 0.05) is 11.0 Å². The third kappa shape index (κ3) is 5.28. The zero-order valence-electron chi connectivity index (χ0n) is 16.5. The Kier molecular flexibility index (Phi) is 6.20. The van der Waals surface area contributed by atoms with Crippen LogP contribution >= 0.6 is 28.1 Å². The van der Waals surface area contributed by atoms with E-state index in [1.165, 1.54) is 12.1 Å². The maximum Gasteiger partial charge on any atom is 0.573 e. The summed E-state index contributed by atoms with van der Waals surface area (Å²) in [6.45, 7) is 2.68. The normalized spacial score (nSPS) is 15.2. The highest BCUT2D eigenvalue weighted by Crippen LogP contribution is 2.33. The van der Waals surface area contributed by atoms with Gasteiger partial charge in [0.2, 0.25) is 5.89 Å². The number of hydrogen-bond donors (Lipinski definition) is 2. The van der Waals surface area contributed by atoms with Crippen LogP contribution < -0.4 is 26.3 Å². The van der Waals surface area contributed by atoms with Crippen molar-refractivity contribution in [3.63, 3.8) is 0 Å². The first-order chi connectivity index (χ1) is 15.2. The molecule has 0 aliphatic carbocycles. The summed E-state index contributed by atoms with van der Waals surface area (Å²) in [6.07, 6.45) is -2.88. The van der Waals surface area contributed by atoms with Gasteiger partial charge in [0.15, 0.2) is 21.8 Å². The molecule has 2 heterocycles. The number of thiocarbonyl (C=S) groups is 1. The summed E-state index contributed by atoms with van der Waals surface area (Å²) in [5, 5.41) is 5.79. The van der Waals surface area contributed by atoms with Crippen molar-refractivity contribution in [2.75, 3.05) is 17.2 Å². The molecule has 166 valence electrons. The Morgan fingerprint density at radius 2 is 1.94 bits per heavy atom. The molecule has 0 unspecified atom stereocenters. The molecule has 0 saturated heterocycles. The standard InChI is InChI=1S/C21H16BrF3N4O2S/c1-11-8-17-18(26-10-11)29-19(30-17)13-4-2-3-5-14(13)27-20(32)28-15-7-6-12(22)9-16(15)31-21(23,24)25/h2-9,11H,10H2,1H3,(H2,27,28,32)/t11-/m0/s1. The van der Waals surface area contributed by atoms with Crippen LogP contribution in [0.5, 0.6) is 5.75 Å². The van der Waals surface area contributed by atoms with Crippen LogP contribution in [0.2, 0.25) is 0 Å². The van der Waals surface area contributed by atoms with Crippen LogP contribution in [-0.2, 0) is 0 Å². The second kappa shape index (κ2) is 8.91. The highest BCUT2D eigenvalue weighted by Gasteiger charge is 2.32. The Balaban J connectivity index is 1.58. The number of nitrogens with zero attached hydrogens (tertiary/aromatic N) is 2. The molecule has 4 rings (SSSR count). The topological polar surface area (TPSA) is 71.7 Å². The van der Waals surface area contributed by atoms with Crippen molar-refractivity contribution in [1.82, 2.24) is 4.98 Å². The van der Waals surface area contributed by atoms with Gasteiger partial charge < -0.3 is 19.8 Å². The van der Waals surface area contributed by atoms with E-state index in [4.69, 9.17) is 16.6 Å². The molecular weight excluding hydrogens is 509 g/mol. The fraction of sp³-hybridized carbons (Fsp3) is 0.190. The fourth-order valence-corrected chi connectivity index (χ4v) is 3.63. The summed E-state index contributed by atoms with van der Waals surface area (Å²) in [6, 6.07) is 11.3. The number of fused-ring (bicyclic) bond motifs is 1. The summed E-state index contributed by atoms with van der Waals surface area (Å²) in [7, 11) is 0. The van der Waals surface area contributed by atoms with Crippen molar-refractivity contribution in [3.8, 4) is 17.2 Å². The third-order valence-corrected chi connectivity index (χ3v) is 5.12. The Morgan fingerprint density at radius 1 is 1.19 bits per heavy atom. The predicted octanol–water partition coefficient (Wildman–Crippen LogP) is 4.86. The van der Waals surface area contributed by atoms with Crippen LogP contribution in [0.4, 0.5) is 24.5 Å². The van der Waals surface area contributed by atoms with Gasteiger partial charge in [0.05, 0.1) is 16.9 Å². The summed E-state index contributed by atoms with van der Waals surface area (Å²) in [4.78, 5) is 8.86. The van der Waals surface area contributed by atoms with Crippen LogP contribution in [0, 0.1) is 5.92 Å². The lowest BCUT2D eigenvalue weighted by Gasteiger charge is -2.17. The molecule has 0 amide bonds. The maximum atomic E-state index is 12.8. The molecule has 6 nitrogen and oxygen atoms in total. The number of alkyl halides is 3. The molecule has 11 heteroatoms. The van der Waals surface area contributed by atoms with E-state index < -0.39 is 12.1 Å². The van der Waals surface area contributed by atoms with E-state index in [2.05, 4.69) is 41.3 Å². The van der Waals surface area contributed by atoms with E-state index in [0.717, 1.165) is 0 Å². The molecule has 3 aromatic rings. The average Bonchev–Trinajstić information content (AvgIpc) is 3.12. The van der Waals surface area contributed by atoms with Gasteiger partial charge in [-0.15, -0.1) is 13.2 Å². The van der Waals surface area contributed by atoms with Crippen molar-refractivity contribution >= 4 is 50.7 Å². The van der Waals surface area contributed by atoms with E-state index in [-0.39, 0.29) is 16.7 Å².